The van der Waals surface area contributed by atoms with Crippen LogP contribution in [-0.4, -0.2) is 45.7 Å². The van der Waals surface area contributed by atoms with Crippen molar-refractivity contribution in [3.05, 3.63) is 69.7 Å². The molecule has 44 heavy (non-hydrogen) atoms. The van der Waals surface area contributed by atoms with E-state index in [2.05, 4.69) is 26.1 Å². The molecule has 1 aliphatic heterocycles. The summed E-state index contributed by atoms with van der Waals surface area (Å²) < 4.78 is 41.1. The molecule has 0 radical (unpaired) electrons. The van der Waals surface area contributed by atoms with Crippen molar-refractivity contribution in [1.29, 1.82) is 0 Å². The molecule has 238 valence electrons. The van der Waals surface area contributed by atoms with Gasteiger partial charge in [-0.1, -0.05) is 57.8 Å². The Hall–Kier alpha value is -3.40. The third-order valence-corrected chi connectivity index (χ3v) is 8.97. The van der Waals surface area contributed by atoms with Crippen LogP contribution in [0, 0.1) is 11.3 Å². The van der Waals surface area contributed by atoms with Crippen LogP contribution in [0.15, 0.2) is 47.5 Å². The van der Waals surface area contributed by atoms with E-state index >= 15 is 0 Å². The maximum absolute atomic E-state index is 14.3. The molecule has 7 nitrogen and oxygen atoms in total. The zero-order valence-electron chi connectivity index (χ0n) is 25.4. The molecule has 11 heteroatoms. The SMILES string of the molecule is CCCC(c1ccc(C(=O)NCCC(=O)O)cc1)N1C(=O)C(c2cc(Cl)cc(C(F)(F)F)c2)=NC12CCC(C(C)(C)C)CC2. The lowest BCUT2D eigenvalue weighted by atomic mass is 9.69. The highest BCUT2D eigenvalue weighted by molar-refractivity contribution is 6.47. The minimum Gasteiger partial charge on any atom is -0.481 e. The van der Waals surface area contributed by atoms with E-state index < -0.39 is 41.2 Å². The van der Waals surface area contributed by atoms with Gasteiger partial charge in [-0.05, 0) is 79.3 Å². The highest BCUT2D eigenvalue weighted by Gasteiger charge is 2.52. The van der Waals surface area contributed by atoms with Gasteiger partial charge in [0.15, 0.2) is 0 Å². The van der Waals surface area contributed by atoms with Crippen molar-refractivity contribution in [2.24, 2.45) is 16.3 Å². The predicted octanol–water partition coefficient (Wildman–Crippen LogP) is 7.67. The van der Waals surface area contributed by atoms with Gasteiger partial charge in [-0.2, -0.15) is 13.2 Å². The van der Waals surface area contributed by atoms with Crippen LogP contribution in [0.4, 0.5) is 13.2 Å². The van der Waals surface area contributed by atoms with Gasteiger partial charge in [-0.25, -0.2) is 0 Å². The molecule has 0 saturated heterocycles. The number of carbonyl (C=O) groups is 3. The maximum Gasteiger partial charge on any atom is 0.416 e. The lowest BCUT2D eigenvalue weighted by Gasteiger charge is -2.47. The van der Waals surface area contributed by atoms with Gasteiger partial charge in [0.05, 0.1) is 18.0 Å². The quantitative estimate of drug-likeness (QED) is 0.296. The van der Waals surface area contributed by atoms with Crippen molar-refractivity contribution >= 4 is 35.1 Å². The lowest BCUT2D eigenvalue weighted by molar-refractivity contribution is -0.138. The first-order chi connectivity index (χ1) is 20.6. The minimum absolute atomic E-state index is 0.00555. The molecule has 2 aliphatic rings. The van der Waals surface area contributed by atoms with E-state index in [9.17, 15) is 27.6 Å². The Kier molecular flexibility index (Phi) is 9.83. The maximum atomic E-state index is 14.3. The molecule has 2 amide bonds. The minimum atomic E-state index is -4.64. The summed E-state index contributed by atoms with van der Waals surface area (Å²) in [4.78, 5) is 44.4. The summed E-state index contributed by atoms with van der Waals surface area (Å²) in [7, 11) is 0. The number of benzene rings is 2. The summed E-state index contributed by atoms with van der Waals surface area (Å²) in [5, 5.41) is 11.3. The summed E-state index contributed by atoms with van der Waals surface area (Å²) in [6.45, 7) is 8.55. The average Bonchev–Trinajstić information content (AvgIpc) is 3.21. The largest absolute Gasteiger partial charge is 0.481 e. The molecule has 2 aromatic carbocycles. The van der Waals surface area contributed by atoms with E-state index in [1.54, 1.807) is 29.2 Å². The Morgan fingerprint density at radius 1 is 1.11 bits per heavy atom. The average molecular weight is 634 g/mol. The molecule has 1 atom stereocenters. The van der Waals surface area contributed by atoms with Gasteiger partial charge in [-0.3, -0.25) is 19.4 Å². The van der Waals surface area contributed by atoms with Crippen molar-refractivity contribution in [2.45, 2.75) is 90.5 Å². The first-order valence-electron chi connectivity index (χ1n) is 15.0. The van der Waals surface area contributed by atoms with Gasteiger partial charge < -0.3 is 15.3 Å². The van der Waals surface area contributed by atoms with Gasteiger partial charge in [0, 0.05) is 22.7 Å². The van der Waals surface area contributed by atoms with E-state index in [-0.39, 0.29) is 34.7 Å². The molecular formula is C33H39ClF3N3O4. The van der Waals surface area contributed by atoms with Crippen LogP contribution in [0.1, 0.15) is 106 Å². The Labute approximate surface area is 260 Å². The zero-order valence-corrected chi connectivity index (χ0v) is 26.2. The Morgan fingerprint density at radius 3 is 2.30 bits per heavy atom. The standard InChI is InChI=1S/C33H39ClF3N3O4/c1-5-6-26(20-7-9-21(10-8-20)29(43)38-16-13-27(41)42)40-30(44)28(22-17-24(33(35,36)37)19-25(34)18-22)39-32(40)14-11-23(12-15-32)31(2,3)4/h7-10,17-19,23,26H,5-6,11-16H2,1-4H3,(H,38,43)(H,41,42). The van der Waals surface area contributed by atoms with Gasteiger partial charge in [0.25, 0.3) is 11.8 Å². The highest BCUT2D eigenvalue weighted by Crippen LogP contribution is 2.50. The van der Waals surface area contributed by atoms with Gasteiger partial charge in [0.2, 0.25) is 0 Å². The summed E-state index contributed by atoms with van der Waals surface area (Å²) in [6.07, 6.45) is -0.789. The number of hydrogen-bond donors (Lipinski definition) is 2. The number of halogens is 4. The second kappa shape index (κ2) is 12.9. The van der Waals surface area contributed by atoms with Crippen LogP contribution in [0.25, 0.3) is 0 Å². The molecule has 0 bridgehead atoms. The molecule has 4 rings (SSSR count). The molecule has 1 aliphatic carbocycles. The second-order valence-electron chi connectivity index (χ2n) is 12.8. The Bertz CT molecular complexity index is 1430. The van der Waals surface area contributed by atoms with Crippen molar-refractivity contribution in [3.63, 3.8) is 0 Å². The number of hydrogen-bond acceptors (Lipinski definition) is 4. The Balaban J connectivity index is 1.73. The van der Waals surface area contributed by atoms with E-state index in [0.717, 1.165) is 37.0 Å². The molecule has 1 fully saturated rings. The highest BCUT2D eigenvalue weighted by atomic mass is 35.5. The van der Waals surface area contributed by atoms with Crippen LogP contribution >= 0.6 is 11.6 Å². The number of nitrogens with zero attached hydrogens (tertiary/aromatic N) is 2. The van der Waals surface area contributed by atoms with Crippen LogP contribution < -0.4 is 5.32 Å². The number of carboxylic acid groups (broad SMARTS) is 1. The second-order valence-corrected chi connectivity index (χ2v) is 13.2. The number of amides is 2. The van der Waals surface area contributed by atoms with Crippen LogP contribution in [0.3, 0.4) is 0 Å². The van der Waals surface area contributed by atoms with Crippen molar-refractivity contribution < 1.29 is 32.7 Å². The molecule has 1 spiro atoms. The smallest absolute Gasteiger partial charge is 0.416 e. The first-order valence-corrected chi connectivity index (χ1v) is 15.3. The summed E-state index contributed by atoms with van der Waals surface area (Å²) in [6, 6.07) is 9.50. The monoisotopic (exact) mass is 633 g/mol. The van der Waals surface area contributed by atoms with Gasteiger partial charge in [-0.15, -0.1) is 0 Å². The molecule has 2 aromatic rings. The number of rotatable bonds is 9. The molecule has 0 aromatic heterocycles. The first kappa shape index (κ1) is 33.5. The lowest BCUT2D eigenvalue weighted by Crippen LogP contribution is -2.51. The normalized spacial score (nSPS) is 21.4. The van der Waals surface area contributed by atoms with Crippen molar-refractivity contribution in [1.82, 2.24) is 10.2 Å². The summed E-state index contributed by atoms with van der Waals surface area (Å²) >= 11 is 6.12. The van der Waals surface area contributed by atoms with Crippen molar-refractivity contribution in [2.75, 3.05) is 6.54 Å². The third kappa shape index (κ3) is 7.28. The number of aliphatic carboxylic acids is 1. The number of nitrogens with one attached hydrogen (secondary N) is 1. The summed E-state index contributed by atoms with van der Waals surface area (Å²) in [5.74, 6) is -1.47. The molecular weight excluding hydrogens is 595 g/mol. The fraction of sp³-hybridized carbons (Fsp3) is 0.515. The summed E-state index contributed by atoms with van der Waals surface area (Å²) in [5.41, 5.74) is -0.680. The van der Waals surface area contributed by atoms with Crippen LogP contribution in [-0.2, 0) is 15.8 Å². The third-order valence-electron chi connectivity index (χ3n) is 8.76. The van der Waals surface area contributed by atoms with E-state index in [1.807, 2.05) is 6.92 Å². The number of carboxylic acids is 1. The zero-order chi connectivity index (χ0) is 32.4. The van der Waals surface area contributed by atoms with E-state index in [4.69, 9.17) is 21.7 Å². The Morgan fingerprint density at radius 2 is 1.75 bits per heavy atom. The number of alkyl halides is 3. The number of aliphatic imine (C=N–C) groups is 1. The van der Waals surface area contributed by atoms with Gasteiger partial charge >= 0.3 is 12.1 Å². The van der Waals surface area contributed by atoms with E-state index in [0.29, 0.717) is 30.7 Å². The topological polar surface area (TPSA) is 99.1 Å². The van der Waals surface area contributed by atoms with Crippen LogP contribution in [0.5, 0.6) is 0 Å². The van der Waals surface area contributed by atoms with Gasteiger partial charge in [0.1, 0.15) is 11.4 Å². The predicted molar refractivity (Wildman–Crippen MR) is 163 cm³/mol. The molecule has 1 heterocycles. The molecule has 1 saturated carbocycles. The fourth-order valence-corrected chi connectivity index (χ4v) is 6.62. The molecule has 2 N–H and O–H groups in total. The fourth-order valence-electron chi connectivity index (χ4n) is 6.38. The molecule has 1 unspecified atom stereocenters. The number of carbonyl (C=O) groups excluding carboxylic acids is 2. The van der Waals surface area contributed by atoms with Crippen molar-refractivity contribution in [3.8, 4) is 0 Å². The van der Waals surface area contributed by atoms with Crippen LogP contribution in [0.2, 0.25) is 5.02 Å². The van der Waals surface area contributed by atoms with E-state index in [1.165, 1.54) is 6.07 Å².